The normalized spacial score (nSPS) is 29.6. The van der Waals surface area contributed by atoms with Gasteiger partial charge in [-0.2, -0.15) is 0 Å². The number of likely N-dealkylation sites (tertiary alicyclic amines) is 1. The fourth-order valence-electron chi connectivity index (χ4n) is 5.12. The maximum atomic E-state index is 12.4. The van der Waals surface area contributed by atoms with Gasteiger partial charge in [0, 0.05) is 35.6 Å². The molecule has 4 heteroatoms. The number of H-pyrrole nitrogens is 1. The van der Waals surface area contributed by atoms with Crippen molar-refractivity contribution in [3.05, 3.63) is 35.5 Å². The van der Waals surface area contributed by atoms with Crippen LogP contribution in [-0.4, -0.2) is 35.4 Å². The average Bonchev–Trinajstić information content (AvgIpc) is 2.98. The summed E-state index contributed by atoms with van der Waals surface area (Å²) in [5.41, 5.74) is 9.56. The number of hydrogen-bond acceptors (Lipinski definition) is 2. The van der Waals surface area contributed by atoms with Crippen LogP contribution in [0.25, 0.3) is 10.9 Å². The lowest BCUT2D eigenvalue weighted by atomic mass is 9.64. The predicted octanol–water partition coefficient (Wildman–Crippen LogP) is 3.17. The van der Waals surface area contributed by atoms with Gasteiger partial charge in [0.15, 0.2) is 0 Å². The number of carbonyl (C=O) groups excluding carboxylic acids is 1. The first-order chi connectivity index (χ1) is 11.6. The van der Waals surface area contributed by atoms with E-state index in [-0.39, 0.29) is 11.3 Å². The highest BCUT2D eigenvalue weighted by Gasteiger charge is 2.49. The van der Waals surface area contributed by atoms with E-state index in [4.69, 9.17) is 5.73 Å². The Bertz CT molecular complexity index is 780. The summed E-state index contributed by atoms with van der Waals surface area (Å²) in [6.07, 6.45) is 7.17. The molecule has 4 nitrogen and oxygen atoms in total. The van der Waals surface area contributed by atoms with Crippen LogP contribution in [-0.2, 0) is 11.2 Å². The maximum Gasteiger partial charge on any atom is 0.224 e. The van der Waals surface area contributed by atoms with Crippen molar-refractivity contribution in [1.29, 1.82) is 0 Å². The van der Waals surface area contributed by atoms with Crippen molar-refractivity contribution in [2.24, 2.45) is 11.1 Å². The molecule has 1 aromatic carbocycles. The second-order valence-electron chi connectivity index (χ2n) is 7.83. The number of unbranched alkanes of at least 4 members (excludes halogenated alkanes) is 1. The minimum Gasteiger partial charge on any atom is -0.369 e. The van der Waals surface area contributed by atoms with Crippen LogP contribution < -0.4 is 5.73 Å². The average molecular weight is 325 g/mol. The van der Waals surface area contributed by atoms with Gasteiger partial charge >= 0.3 is 0 Å². The van der Waals surface area contributed by atoms with E-state index < -0.39 is 0 Å². The van der Waals surface area contributed by atoms with Crippen LogP contribution in [0.1, 0.15) is 49.7 Å². The summed E-state index contributed by atoms with van der Waals surface area (Å²) in [6, 6.07) is 7.00. The van der Waals surface area contributed by atoms with Crippen molar-refractivity contribution >= 4 is 16.8 Å². The van der Waals surface area contributed by atoms with Gasteiger partial charge in [0.1, 0.15) is 0 Å². The molecule has 2 heterocycles. The van der Waals surface area contributed by atoms with Crippen LogP contribution in [0.3, 0.4) is 0 Å². The molecule has 0 saturated carbocycles. The quantitative estimate of drug-likeness (QED) is 0.907. The van der Waals surface area contributed by atoms with E-state index in [9.17, 15) is 4.79 Å². The fourth-order valence-corrected chi connectivity index (χ4v) is 5.12. The Labute approximate surface area is 143 Å². The molecule has 2 aliphatic rings. The molecule has 1 amide bonds. The number of nitrogens with one attached hydrogen (secondary N) is 1. The Balaban J connectivity index is 1.79. The minimum absolute atomic E-state index is 0.117. The second kappa shape index (κ2) is 5.62. The van der Waals surface area contributed by atoms with Crippen molar-refractivity contribution in [3.8, 4) is 0 Å². The van der Waals surface area contributed by atoms with E-state index >= 15 is 0 Å². The zero-order valence-corrected chi connectivity index (χ0v) is 14.6. The molecule has 0 radical (unpaired) electrons. The molecule has 3 atom stereocenters. The summed E-state index contributed by atoms with van der Waals surface area (Å²) in [4.78, 5) is 18.2. The number of rotatable bonds is 4. The number of piperidine rings is 1. The Hall–Kier alpha value is -1.81. The molecule has 24 heavy (non-hydrogen) atoms. The highest BCUT2D eigenvalue weighted by atomic mass is 16.1. The highest BCUT2D eigenvalue weighted by molar-refractivity contribution is 5.89. The Morgan fingerprint density at radius 3 is 3.04 bits per heavy atom. The number of fused-ring (bicyclic) bond motifs is 2. The molecule has 0 bridgehead atoms. The predicted molar refractivity (Wildman–Crippen MR) is 96.9 cm³/mol. The third-order valence-electron chi connectivity index (χ3n) is 6.37. The number of likely N-dealkylation sites (N-methyl/N-ethyl adjacent to an activating group) is 1. The molecule has 0 spiro atoms. The van der Waals surface area contributed by atoms with Gasteiger partial charge in [-0.05, 0) is 43.5 Å². The molecule has 1 fully saturated rings. The van der Waals surface area contributed by atoms with Gasteiger partial charge in [0.05, 0.1) is 5.41 Å². The van der Waals surface area contributed by atoms with Gasteiger partial charge < -0.3 is 15.6 Å². The molecule has 128 valence electrons. The standard InChI is InChI=1S/C20H27N3O/c1-3-4-8-20(19(21)24)10-15-14-6-5-7-16-18(14)13(11-22-16)9-17(15)23(2)12-20/h5-7,11,15,17,22H,3-4,8-10,12H2,1-2H3,(H2,21,24)/t15-,17-,20?/m1/s1. The van der Waals surface area contributed by atoms with Crippen LogP contribution in [0.2, 0.25) is 0 Å². The maximum absolute atomic E-state index is 12.4. The van der Waals surface area contributed by atoms with Crippen molar-refractivity contribution in [2.75, 3.05) is 13.6 Å². The number of aromatic amines is 1. The van der Waals surface area contributed by atoms with E-state index in [1.165, 1.54) is 22.0 Å². The third kappa shape index (κ3) is 2.20. The molecular formula is C20H27N3O. The number of primary amides is 1. The van der Waals surface area contributed by atoms with E-state index in [0.717, 1.165) is 38.6 Å². The lowest BCUT2D eigenvalue weighted by Gasteiger charge is -2.50. The van der Waals surface area contributed by atoms with Gasteiger partial charge in [-0.1, -0.05) is 31.9 Å². The van der Waals surface area contributed by atoms with Crippen molar-refractivity contribution < 1.29 is 4.79 Å². The van der Waals surface area contributed by atoms with Gasteiger partial charge in [0.2, 0.25) is 5.91 Å². The number of aromatic nitrogens is 1. The summed E-state index contributed by atoms with van der Waals surface area (Å²) >= 11 is 0. The van der Waals surface area contributed by atoms with Crippen LogP contribution in [0.5, 0.6) is 0 Å². The largest absolute Gasteiger partial charge is 0.369 e. The molecule has 1 aliphatic heterocycles. The zero-order valence-electron chi connectivity index (χ0n) is 14.6. The lowest BCUT2D eigenvalue weighted by Crippen LogP contribution is -2.56. The summed E-state index contributed by atoms with van der Waals surface area (Å²) in [6.45, 7) is 2.97. The molecule has 2 aromatic rings. The van der Waals surface area contributed by atoms with Gasteiger partial charge in [-0.15, -0.1) is 0 Å². The van der Waals surface area contributed by atoms with Crippen LogP contribution in [0.4, 0.5) is 0 Å². The van der Waals surface area contributed by atoms with Gasteiger partial charge in [-0.3, -0.25) is 4.79 Å². The number of carbonyl (C=O) groups is 1. The third-order valence-corrected chi connectivity index (χ3v) is 6.37. The highest BCUT2D eigenvalue weighted by Crippen LogP contribution is 2.49. The van der Waals surface area contributed by atoms with Crippen LogP contribution in [0, 0.1) is 5.41 Å². The van der Waals surface area contributed by atoms with Crippen molar-refractivity contribution in [3.63, 3.8) is 0 Å². The number of benzene rings is 1. The molecular weight excluding hydrogens is 298 g/mol. The van der Waals surface area contributed by atoms with Gasteiger partial charge in [-0.25, -0.2) is 0 Å². The molecule has 1 unspecified atom stereocenters. The van der Waals surface area contributed by atoms with Crippen molar-refractivity contribution in [2.45, 2.75) is 51.0 Å². The van der Waals surface area contributed by atoms with Gasteiger partial charge in [0.25, 0.3) is 0 Å². The van der Waals surface area contributed by atoms with Crippen LogP contribution in [0.15, 0.2) is 24.4 Å². The molecule has 1 aromatic heterocycles. The first kappa shape index (κ1) is 15.7. The summed E-state index contributed by atoms with van der Waals surface area (Å²) in [7, 11) is 2.16. The number of nitrogens with two attached hydrogens (primary N) is 1. The summed E-state index contributed by atoms with van der Waals surface area (Å²) in [5, 5.41) is 1.38. The molecule has 1 aliphatic carbocycles. The van der Waals surface area contributed by atoms with E-state index in [0.29, 0.717) is 12.0 Å². The molecule has 1 saturated heterocycles. The van der Waals surface area contributed by atoms with Crippen LogP contribution >= 0.6 is 0 Å². The molecule has 3 N–H and O–H groups in total. The van der Waals surface area contributed by atoms with E-state index in [1.807, 2.05) is 0 Å². The Kier molecular flexibility index (Phi) is 3.68. The second-order valence-corrected chi connectivity index (χ2v) is 7.83. The number of nitrogens with zero attached hydrogens (tertiary/aromatic N) is 1. The van der Waals surface area contributed by atoms with E-state index in [1.54, 1.807) is 0 Å². The topological polar surface area (TPSA) is 62.1 Å². The first-order valence-electron chi connectivity index (χ1n) is 9.15. The lowest BCUT2D eigenvalue weighted by molar-refractivity contribution is -0.133. The Morgan fingerprint density at radius 1 is 1.46 bits per heavy atom. The Morgan fingerprint density at radius 2 is 2.29 bits per heavy atom. The van der Waals surface area contributed by atoms with Crippen molar-refractivity contribution in [1.82, 2.24) is 9.88 Å². The number of amides is 1. The number of hydrogen-bond donors (Lipinski definition) is 2. The summed E-state index contributed by atoms with van der Waals surface area (Å²) < 4.78 is 0. The zero-order chi connectivity index (χ0) is 16.9. The smallest absolute Gasteiger partial charge is 0.224 e. The molecule has 4 rings (SSSR count). The van der Waals surface area contributed by atoms with E-state index in [2.05, 4.69) is 48.3 Å². The summed E-state index contributed by atoms with van der Waals surface area (Å²) in [5.74, 6) is 0.272. The first-order valence-corrected chi connectivity index (χ1v) is 9.15. The minimum atomic E-state index is -0.387. The SMILES string of the molecule is CCCCC1(C(N)=O)C[C@@H]2c3cccc4[nH]cc(c34)C[C@H]2N(C)C1. The fraction of sp³-hybridized carbons (Fsp3) is 0.550. The monoisotopic (exact) mass is 325 g/mol.